The van der Waals surface area contributed by atoms with Crippen LogP contribution >= 0.6 is 22.7 Å². The van der Waals surface area contributed by atoms with Crippen molar-refractivity contribution in [3.8, 4) is 0 Å². The van der Waals surface area contributed by atoms with Crippen LogP contribution < -0.4 is 5.32 Å². The van der Waals surface area contributed by atoms with E-state index in [4.69, 9.17) is 0 Å². The number of rotatable bonds is 5. The molecule has 1 unspecified atom stereocenters. The topological polar surface area (TPSA) is 37.8 Å². The Morgan fingerprint density at radius 1 is 1.41 bits per heavy atom. The first-order chi connectivity index (χ1) is 8.20. The molecule has 2 rings (SSSR count). The molecule has 92 valence electrons. The molecule has 3 nitrogen and oxygen atoms in total. The van der Waals surface area contributed by atoms with Gasteiger partial charge in [-0.2, -0.15) is 0 Å². The zero-order valence-corrected chi connectivity index (χ0v) is 12.0. The van der Waals surface area contributed by atoms with Crippen LogP contribution in [0.4, 0.5) is 0 Å². The first-order valence-corrected chi connectivity index (χ1v) is 7.47. The molecule has 0 radical (unpaired) electrons. The number of hydrogen-bond donors (Lipinski definition) is 1. The zero-order chi connectivity index (χ0) is 12.3. The van der Waals surface area contributed by atoms with Gasteiger partial charge in [0.25, 0.3) is 0 Å². The molecule has 0 saturated carbocycles. The Balaban J connectivity index is 1.92. The van der Waals surface area contributed by atoms with E-state index in [1.54, 1.807) is 22.7 Å². The molecule has 5 heteroatoms. The fraction of sp³-hybridized carbons (Fsp3) is 0.500. The summed E-state index contributed by atoms with van der Waals surface area (Å²) >= 11 is 3.50. The molecule has 1 N–H and O–H groups in total. The number of aromatic nitrogens is 2. The van der Waals surface area contributed by atoms with Crippen molar-refractivity contribution in [1.29, 1.82) is 0 Å². The molecule has 0 aliphatic rings. The summed E-state index contributed by atoms with van der Waals surface area (Å²) in [6.45, 7) is 7.23. The molecule has 0 aromatic carbocycles. The second-order valence-electron chi connectivity index (χ2n) is 3.98. The van der Waals surface area contributed by atoms with Gasteiger partial charge in [-0.1, -0.05) is 6.92 Å². The second kappa shape index (κ2) is 5.71. The molecule has 0 spiro atoms. The molecule has 0 aliphatic carbocycles. The van der Waals surface area contributed by atoms with Crippen LogP contribution in [0.15, 0.2) is 11.7 Å². The van der Waals surface area contributed by atoms with Gasteiger partial charge in [0, 0.05) is 28.5 Å². The maximum absolute atomic E-state index is 4.41. The third kappa shape index (κ3) is 3.12. The Hall–Kier alpha value is -0.780. The summed E-state index contributed by atoms with van der Waals surface area (Å²) in [5.74, 6) is 0. The first kappa shape index (κ1) is 12.7. The van der Waals surface area contributed by atoms with Crippen molar-refractivity contribution < 1.29 is 0 Å². The lowest BCUT2D eigenvalue weighted by Crippen LogP contribution is -2.17. The van der Waals surface area contributed by atoms with Gasteiger partial charge < -0.3 is 5.32 Å². The molecule has 0 amide bonds. The van der Waals surface area contributed by atoms with E-state index in [9.17, 15) is 0 Å². The monoisotopic (exact) mass is 267 g/mol. The predicted octanol–water partition coefficient (Wildman–Crippen LogP) is 3.32. The normalized spacial score (nSPS) is 12.9. The largest absolute Gasteiger partial charge is 0.303 e. The van der Waals surface area contributed by atoms with Crippen LogP contribution in [-0.2, 0) is 13.0 Å². The van der Waals surface area contributed by atoms with Gasteiger partial charge in [-0.3, -0.25) is 0 Å². The Bertz CT molecular complexity index is 476. The van der Waals surface area contributed by atoms with Crippen molar-refractivity contribution in [2.75, 3.05) is 0 Å². The lowest BCUT2D eigenvalue weighted by molar-refractivity contribution is 0.578. The Morgan fingerprint density at radius 3 is 2.82 bits per heavy atom. The zero-order valence-electron chi connectivity index (χ0n) is 10.4. The average Bonchev–Trinajstić information content (AvgIpc) is 2.94. The van der Waals surface area contributed by atoms with E-state index in [-0.39, 0.29) is 0 Å². The second-order valence-corrected chi connectivity index (χ2v) is 6.06. The van der Waals surface area contributed by atoms with Crippen molar-refractivity contribution in [3.63, 3.8) is 0 Å². The summed E-state index contributed by atoms with van der Waals surface area (Å²) in [6.07, 6.45) is 3.05. The molecule has 2 aromatic heterocycles. The van der Waals surface area contributed by atoms with E-state index in [1.807, 2.05) is 11.7 Å². The van der Waals surface area contributed by atoms with Crippen LogP contribution in [0.5, 0.6) is 0 Å². The van der Waals surface area contributed by atoms with Crippen LogP contribution in [0.2, 0.25) is 0 Å². The average molecular weight is 267 g/mol. The van der Waals surface area contributed by atoms with Gasteiger partial charge in [-0.15, -0.1) is 22.7 Å². The van der Waals surface area contributed by atoms with Crippen molar-refractivity contribution in [2.24, 2.45) is 0 Å². The van der Waals surface area contributed by atoms with Crippen molar-refractivity contribution in [1.82, 2.24) is 15.3 Å². The van der Waals surface area contributed by atoms with E-state index < -0.39 is 0 Å². The predicted molar refractivity (Wildman–Crippen MR) is 73.6 cm³/mol. The summed E-state index contributed by atoms with van der Waals surface area (Å²) < 4.78 is 0. The van der Waals surface area contributed by atoms with E-state index in [1.165, 1.54) is 9.75 Å². The molecule has 17 heavy (non-hydrogen) atoms. The molecule has 2 aromatic rings. The maximum Gasteiger partial charge on any atom is 0.107 e. The van der Waals surface area contributed by atoms with Crippen LogP contribution in [0, 0.1) is 6.92 Å². The maximum atomic E-state index is 4.41. The molecular formula is C12H17N3S2. The molecule has 2 heterocycles. The fourth-order valence-corrected chi connectivity index (χ4v) is 3.30. The number of nitrogens with zero attached hydrogens (tertiary/aromatic N) is 2. The molecule has 0 fully saturated rings. The summed E-state index contributed by atoms with van der Waals surface area (Å²) in [4.78, 5) is 11.3. The highest BCUT2D eigenvalue weighted by atomic mass is 32.1. The molecule has 0 bridgehead atoms. The SMILES string of the molecule is CCc1cnc(CNC(C)c2scnc2C)s1. The summed E-state index contributed by atoms with van der Waals surface area (Å²) in [5, 5.41) is 4.66. The van der Waals surface area contributed by atoms with Gasteiger partial charge in [0.2, 0.25) is 0 Å². The van der Waals surface area contributed by atoms with Crippen molar-refractivity contribution in [3.05, 3.63) is 32.2 Å². The van der Waals surface area contributed by atoms with Gasteiger partial charge in [0.05, 0.1) is 11.2 Å². The van der Waals surface area contributed by atoms with Gasteiger partial charge in [-0.05, 0) is 20.3 Å². The third-order valence-corrected chi connectivity index (χ3v) is 4.94. The van der Waals surface area contributed by atoms with E-state index >= 15 is 0 Å². The van der Waals surface area contributed by atoms with Crippen LogP contribution in [0.3, 0.4) is 0 Å². The standard InChI is InChI=1S/C12H17N3S2/c1-4-10-5-14-11(17-10)6-13-8(2)12-9(3)15-7-16-12/h5,7-8,13H,4,6H2,1-3H3. The van der Waals surface area contributed by atoms with Crippen molar-refractivity contribution in [2.45, 2.75) is 39.8 Å². The van der Waals surface area contributed by atoms with Crippen LogP contribution in [0.25, 0.3) is 0 Å². The highest BCUT2D eigenvalue weighted by Crippen LogP contribution is 2.22. The van der Waals surface area contributed by atoms with E-state index in [2.05, 4.69) is 36.1 Å². The minimum absolute atomic E-state index is 0.344. The third-order valence-electron chi connectivity index (χ3n) is 2.69. The van der Waals surface area contributed by atoms with Crippen molar-refractivity contribution >= 4 is 22.7 Å². The van der Waals surface area contributed by atoms with Crippen LogP contribution in [0.1, 0.15) is 40.3 Å². The quantitative estimate of drug-likeness (QED) is 0.903. The lowest BCUT2D eigenvalue weighted by Gasteiger charge is -2.11. The number of aryl methyl sites for hydroxylation is 2. The van der Waals surface area contributed by atoms with Gasteiger partial charge in [0.15, 0.2) is 0 Å². The molecule has 0 saturated heterocycles. The first-order valence-electron chi connectivity index (χ1n) is 5.77. The Morgan fingerprint density at radius 2 is 2.24 bits per heavy atom. The summed E-state index contributed by atoms with van der Waals surface area (Å²) in [6, 6.07) is 0.344. The lowest BCUT2D eigenvalue weighted by atomic mass is 10.2. The van der Waals surface area contributed by atoms with Crippen LogP contribution in [-0.4, -0.2) is 9.97 Å². The fourth-order valence-electron chi connectivity index (χ4n) is 1.65. The minimum atomic E-state index is 0.344. The van der Waals surface area contributed by atoms with E-state index in [0.29, 0.717) is 6.04 Å². The van der Waals surface area contributed by atoms with Gasteiger partial charge >= 0.3 is 0 Å². The number of hydrogen-bond acceptors (Lipinski definition) is 5. The summed E-state index contributed by atoms with van der Waals surface area (Å²) in [5.41, 5.74) is 3.03. The number of thiazole rings is 2. The van der Waals surface area contributed by atoms with Gasteiger partial charge in [0.1, 0.15) is 5.01 Å². The highest BCUT2D eigenvalue weighted by molar-refractivity contribution is 7.11. The molecular weight excluding hydrogens is 250 g/mol. The van der Waals surface area contributed by atoms with E-state index in [0.717, 1.165) is 23.7 Å². The van der Waals surface area contributed by atoms with Gasteiger partial charge in [-0.25, -0.2) is 9.97 Å². The number of nitrogens with one attached hydrogen (secondary N) is 1. The highest BCUT2D eigenvalue weighted by Gasteiger charge is 2.11. The Kier molecular flexibility index (Phi) is 4.25. The molecule has 0 aliphatic heterocycles. The minimum Gasteiger partial charge on any atom is -0.303 e. The molecule has 1 atom stereocenters. The Labute approximate surface area is 110 Å². The summed E-state index contributed by atoms with van der Waals surface area (Å²) in [7, 11) is 0. The smallest absolute Gasteiger partial charge is 0.107 e.